The van der Waals surface area contributed by atoms with Gasteiger partial charge in [-0.15, -0.1) is 18.3 Å². The first-order valence-corrected chi connectivity index (χ1v) is 4.35. The van der Waals surface area contributed by atoms with Crippen LogP contribution in [-0.4, -0.2) is 24.0 Å². The fraction of sp³-hybridized carbons (Fsp3) is 0.571. The van der Waals surface area contributed by atoms with Gasteiger partial charge < -0.3 is 4.74 Å². The fourth-order valence-corrected chi connectivity index (χ4v) is 1.00. The van der Waals surface area contributed by atoms with E-state index in [2.05, 4.69) is 6.58 Å². The second-order valence-electron chi connectivity index (χ2n) is 1.66. The van der Waals surface area contributed by atoms with Crippen molar-refractivity contribution in [1.29, 1.82) is 5.41 Å². The van der Waals surface area contributed by atoms with Crippen molar-refractivity contribution in [3.8, 4) is 0 Å². The monoisotopic (exact) mass is 159 g/mol. The van der Waals surface area contributed by atoms with Crippen molar-refractivity contribution in [2.24, 2.45) is 0 Å². The van der Waals surface area contributed by atoms with Gasteiger partial charge in [0.1, 0.15) is 0 Å². The third-order valence-electron chi connectivity index (χ3n) is 0.787. The molecule has 0 heterocycles. The molecule has 3 heteroatoms. The zero-order chi connectivity index (χ0) is 7.82. The van der Waals surface area contributed by atoms with E-state index in [0.717, 1.165) is 5.75 Å². The minimum atomic E-state index is 0.356. The number of ether oxygens (including phenoxy) is 1. The van der Waals surface area contributed by atoms with Crippen molar-refractivity contribution in [2.45, 2.75) is 6.92 Å². The standard InChI is InChI=1S/C7H13NOS/c1-3-5-10-6-7(8)9-4-2/h3,8H,1,4-6H2,2H3. The highest BCUT2D eigenvalue weighted by molar-refractivity contribution is 8.00. The van der Waals surface area contributed by atoms with Crippen molar-refractivity contribution in [2.75, 3.05) is 18.1 Å². The predicted molar refractivity (Wildman–Crippen MR) is 46.9 cm³/mol. The first-order chi connectivity index (χ1) is 4.81. The summed E-state index contributed by atoms with van der Waals surface area (Å²) in [7, 11) is 0. The van der Waals surface area contributed by atoms with E-state index in [9.17, 15) is 0 Å². The number of thioether (sulfide) groups is 1. The van der Waals surface area contributed by atoms with E-state index in [1.165, 1.54) is 0 Å². The van der Waals surface area contributed by atoms with Gasteiger partial charge >= 0.3 is 0 Å². The highest BCUT2D eigenvalue weighted by atomic mass is 32.2. The van der Waals surface area contributed by atoms with Crippen LogP contribution in [-0.2, 0) is 4.74 Å². The average Bonchev–Trinajstić information content (AvgIpc) is 1.89. The van der Waals surface area contributed by atoms with Crippen LogP contribution in [0, 0.1) is 5.41 Å². The van der Waals surface area contributed by atoms with E-state index >= 15 is 0 Å². The Morgan fingerprint density at radius 3 is 3.00 bits per heavy atom. The van der Waals surface area contributed by atoms with Crippen LogP contribution in [0.3, 0.4) is 0 Å². The lowest BCUT2D eigenvalue weighted by Crippen LogP contribution is -2.05. The van der Waals surface area contributed by atoms with E-state index in [-0.39, 0.29) is 0 Å². The molecule has 10 heavy (non-hydrogen) atoms. The maximum atomic E-state index is 7.19. The van der Waals surface area contributed by atoms with Gasteiger partial charge in [0.15, 0.2) is 5.90 Å². The van der Waals surface area contributed by atoms with Crippen LogP contribution in [0.1, 0.15) is 6.92 Å². The van der Waals surface area contributed by atoms with Crippen molar-refractivity contribution in [3.05, 3.63) is 12.7 Å². The van der Waals surface area contributed by atoms with Gasteiger partial charge in [-0.2, -0.15) is 0 Å². The quantitative estimate of drug-likeness (QED) is 0.288. The van der Waals surface area contributed by atoms with Crippen LogP contribution < -0.4 is 0 Å². The normalized spacial score (nSPS) is 8.90. The minimum Gasteiger partial charge on any atom is -0.481 e. The van der Waals surface area contributed by atoms with Crippen molar-refractivity contribution in [3.63, 3.8) is 0 Å². The van der Waals surface area contributed by atoms with Crippen molar-refractivity contribution in [1.82, 2.24) is 0 Å². The lowest BCUT2D eigenvalue weighted by Gasteiger charge is -2.01. The van der Waals surface area contributed by atoms with Crippen LogP contribution in [0.5, 0.6) is 0 Å². The molecule has 0 aromatic heterocycles. The van der Waals surface area contributed by atoms with Crippen LogP contribution in [0.2, 0.25) is 0 Å². The summed E-state index contributed by atoms with van der Waals surface area (Å²) in [6.07, 6.45) is 1.82. The Bertz CT molecular complexity index is 114. The zero-order valence-corrected chi connectivity index (χ0v) is 7.04. The summed E-state index contributed by atoms with van der Waals surface area (Å²) in [5, 5.41) is 7.19. The second-order valence-corrected chi connectivity index (χ2v) is 2.69. The molecule has 0 atom stereocenters. The first-order valence-electron chi connectivity index (χ1n) is 3.20. The zero-order valence-electron chi connectivity index (χ0n) is 6.22. The molecule has 0 aromatic carbocycles. The van der Waals surface area contributed by atoms with Gasteiger partial charge in [0.2, 0.25) is 0 Å². The molecule has 2 nitrogen and oxygen atoms in total. The Labute approximate surface area is 66.2 Å². The largest absolute Gasteiger partial charge is 0.481 e. The highest BCUT2D eigenvalue weighted by Gasteiger charge is 1.93. The maximum Gasteiger partial charge on any atom is 0.190 e. The summed E-state index contributed by atoms with van der Waals surface area (Å²) < 4.78 is 4.92. The topological polar surface area (TPSA) is 33.1 Å². The molecule has 0 fully saturated rings. The van der Waals surface area contributed by atoms with Crippen molar-refractivity contribution < 1.29 is 4.74 Å². The Hall–Kier alpha value is -0.440. The molecular weight excluding hydrogens is 146 g/mol. The van der Waals surface area contributed by atoms with Crippen LogP contribution in [0.4, 0.5) is 0 Å². The SMILES string of the molecule is C=CCSCC(=N)OCC. The van der Waals surface area contributed by atoms with Crippen LogP contribution in [0.25, 0.3) is 0 Å². The smallest absolute Gasteiger partial charge is 0.190 e. The molecule has 0 aliphatic rings. The summed E-state index contributed by atoms with van der Waals surface area (Å²) in [6.45, 7) is 6.04. The summed E-state index contributed by atoms with van der Waals surface area (Å²) in [6, 6.07) is 0. The molecule has 0 saturated carbocycles. The Morgan fingerprint density at radius 1 is 1.80 bits per heavy atom. The molecule has 58 valence electrons. The lowest BCUT2D eigenvalue weighted by molar-refractivity contribution is 0.322. The van der Waals surface area contributed by atoms with E-state index in [0.29, 0.717) is 18.3 Å². The lowest BCUT2D eigenvalue weighted by atomic mass is 10.7. The molecule has 0 saturated heterocycles. The number of hydrogen-bond acceptors (Lipinski definition) is 3. The van der Waals surface area contributed by atoms with Crippen LogP contribution in [0.15, 0.2) is 12.7 Å². The second kappa shape index (κ2) is 6.68. The van der Waals surface area contributed by atoms with E-state index in [1.807, 2.05) is 13.0 Å². The number of nitrogens with one attached hydrogen (secondary N) is 1. The van der Waals surface area contributed by atoms with Crippen molar-refractivity contribution >= 4 is 17.7 Å². The van der Waals surface area contributed by atoms with Crippen LogP contribution >= 0.6 is 11.8 Å². The molecule has 0 rings (SSSR count). The third-order valence-corrected chi connectivity index (χ3v) is 1.73. The molecule has 0 unspecified atom stereocenters. The first kappa shape index (κ1) is 9.56. The van der Waals surface area contributed by atoms with Gasteiger partial charge in [-0.3, -0.25) is 5.41 Å². The Balaban J connectivity index is 3.13. The molecule has 1 N–H and O–H groups in total. The molecule has 0 aliphatic carbocycles. The summed E-state index contributed by atoms with van der Waals surface area (Å²) in [5.74, 6) is 1.89. The summed E-state index contributed by atoms with van der Waals surface area (Å²) in [4.78, 5) is 0. The van der Waals surface area contributed by atoms with Gasteiger partial charge in [0.25, 0.3) is 0 Å². The van der Waals surface area contributed by atoms with E-state index in [1.54, 1.807) is 11.8 Å². The molecule has 0 radical (unpaired) electrons. The minimum absolute atomic E-state index is 0.356. The average molecular weight is 159 g/mol. The van der Waals surface area contributed by atoms with Gasteiger partial charge in [0.05, 0.1) is 12.4 Å². The van der Waals surface area contributed by atoms with Gasteiger partial charge in [-0.1, -0.05) is 6.08 Å². The summed E-state index contributed by atoms with van der Waals surface area (Å²) in [5.41, 5.74) is 0. The Kier molecular flexibility index (Phi) is 6.38. The number of hydrogen-bond donors (Lipinski definition) is 1. The predicted octanol–water partition coefficient (Wildman–Crippen LogP) is 1.92. The van der Waals surface area contributed by atoms with Gasteiger partial charge in [0, 0.05) is 5.75 Å². The number of rotatable bonds is 5. The summed E-state index contributed by atoms with van der Waals surface area (Å²) >= 11 is 1.63. The highest BCUT2D eigenvalue weighted by Crippen LogP contribution is 1.99. The fourth-order valence-electron chi connectivity index (χ4n) is 0.451. The third kappa shape index (κ3) is 5.69. The molecular formula is C7H13NOS. The maximum absolute atomic E-state index is 7.19. The molecule has 0 amide bonds. The van der Waals surface area contributed by atoms with E-state index < -0.39 is 0 Å². The van der Waals surface area contributed by atoms with Gasteiger partial charge in [-0.05, 0) is 6.92 Å². The Morgan fingerprint density at radius 2 is 2.50 bits per heavy atom. The molecule has 0 aromatic rings. The molecule has 0 spiro atoms. The molecule has 0 aliphatic heterocycles. The van der Waals surface area contributed by atoms with Gasteiger partial charge in [-0.25, -0.2) is 0 Å². The molecule has 0 bridgehead atoms. The van der Waals surface area contributed by atoms with E-state index in [4.69, 9.17) is 10.1 Å².